The first kappa shape index (κ1) is 25.4. The van der Waals surface area contributed by atoms with Crippen LogP contribution in [0.2, 0.25) is 0 Å². The summed E-state index contributed by atoms with van der Waals surface area (Å²) in [6.07, 6.45) is 2.40. The third-order valence-corrected chi connectivity index (χ3v) is 8.36. The van der Waals surface area contributed by atoms with Gasteiger partial charge < -0.3 is 19.2 Å². The van der Waals surface area contributed by atoms with Crippen LogP contribution in [-0.2, 0) is 14.8 Å². The van der Waals surface area contributed by atoms with Gasteiger partial charge in [-0.1, -0.05) is 0 Å². The number of fused-ring (bicyclic) bond motifs is 2. The van der Waals surface area contributed by atoms with Crippen molar-refractivity contribution in [1.82, 2.24) is 5.32 Å². The fourth-order valence-electron chi connectivity index (χ4n) is 5.09. The molecule has 6 rings (SSSR count). The number of anilines is 1. The molecule has 1 N–H and O–H groups in total. The molecular weight excluding hydrogens is 523 g/mol. The topological polar surface area (TPSA) is 98.1 Å². The van der Waals surface area contributed by atoms with Gasteiger partial charge in [-0.3, -0.25) is 9.10 Å². The van der Waals surface area contributed by atoms with Crippen LogP contribution in [0.3, 0.4) is 0 Å². The van der Waals surface area contributed by atoms with Gasteiger partial charge in [0.05, 0.1) is 35.8 Å². The summed E-state index contributed by atoms with van der Waals surface area (Å²) in [6, 6.07) is 16.2. The Balaban J connectivity index is 1.45. The molecule has 1 fully saturated rings. The van der Waals surface area contributed by atoms with E-state index in [1.165, 1.54) is 34.8 Å². The molecule has 1 amide bonds. The van der Waals surface area contributed by atoms with Gasteiger partial charge in [-0.2, -0.15) is 0 Å². The van der Waals surface area contributed by atoms with Crippen LogP contribution in [0.4, 0.5) is 10.1 Å². The Bertz CT molecular complexity index is 1690. The van der Waals surface area contributed by atoms with Crippen LogP contribution in [0.1, 0.15) is 41.8 Å². The van der Waals surface area contributed by atoms with Gasteiger partial charge in [-0.25, -0.2) is 12.8 Å². The van der Waals surface area contributed by atoms with Gasteiger partial charge in [0.15, 0.2) is 0 Å². The van der Waals surface area contributed by atoms with Crippen LogP contribution in [0, 0.1) is 5.82 Å². The minimum Gasteiger partial charge on any atom is -0.457 e. The summed E-state index contributed by atoms with van der Waals surface area (Å²) in [7, 11) is -2.05. The molecule has 0 saturated heterocycles. The highest BCUT2D eigenvalue weighted by atomic mass is 32.2. The maximum atomic E-state index is 13.2. The summed E-state index contributed by atoms with van der Waals surface area (Å²) < 4.78 is 58.6. The van der Waals surface area contributed by atoms with E-state index in [9.17, 15) is 17.6 Å². The Morgan fingerprint density at radius 2 is 1.72 bits per heavy atom. The second-order valence-electron chi connectivity index (χ2n) is 10.1. The molecule has 0 bridgehead atoms. The van der Waals surface area contributed by atoms with Crippen molar-refractivity contribution in [2.24, 2.45) is 0 Å². The number of ether oxygens (including phenoxy) is 2. The Morgan fingerprint density at radius 3 is 2.31 bits per heavy atom. The van der Waals surface area contributed by atoms with Gasteiger partial charge in [0, 0.05) is 29.6 Å². The van der Waals surface area contributed by atoms with Crippen molar-refractivity contribution >= 4 is 32.6 Å². The third-order valence-electron chi connectivity index (χ3n) is 7.23. The second kappa shape index (κ2) is 9.10. The molecule has 1 atom stereocenters. The number of carbonyl (C=O) groups excluding carboxylic acids is 1. The quantitative estimate of drug-likeness (QED) is 0.338. The number of hydrogen-bond donors (Lipinski definition) is 1. The fraction of sp³-hybridized carbons (Fsp3) is 0.276. The molecule has 1 aliphatic carbocycles. The molecular formula is C29H27FN2O6S. The molecule has 3 aromatic carbocycles. The smallest absolute Gasteiger partial charge is 0.255 e. The number of sulfonamides is 1. The lowest BCUT2D eigenvalue weighted by atomic mass is 10.0. The predicted octanol–water partition coefficient (Wildman–Crippen LogP) is 5.78. The number of rotatable bonds is 5. The minimum atomic E-state index is -3.60. The van der Waals surface area contributed by atoms with E-state index in [4.69, 9.17) is 13.9 Å². The molecule has 202 valence electrons. The maximum Gasteiger partial charge on any atom is 0.255 e. The largest absolute Gasteiger partial charge is 0.457 e. The Morgan fingerprint density at radius 1 is 1.08 bits per heavy atom. The second-order valence-corrected chi connectivity index (χ2v) is 12.0. The summed E-state index contributed by atoms with van der Waals surface area (Å²) in [5.74, 6) is 0.667. The zero-order valence-electron chi connectivity index (χ0n) is 21.7. The molecule has 1 spiro atoms. The van der Waals surface area contributed by atoms with E-state index in [0.29, 0.717) is 50.6 Å². The van der Waals surface area contributed by atoms with E-state index in [2.05, 4.69) is 5.32 Å². The average Bonchev–Trinajstić information content (AvgIpc) is 3.58. The highest BCUT2D eigenvalue weighted by Crippen LogP contribution is 2.50. The van der Waals surface area contributed by atoms with E-state index in [-0.39, 0.29) is 24.4 Å². The van der Waals surface area contributed by atoms with E-state index in [0.717, 1.165) is 12.8 Å². The van der Waals surface area contributed by atoms with Crippen molar-refractivity contribution in [2.45, 2.75) is 31.5 Å². The molecule has 0 unspecified atom stereocenters. The van der Waals surface area contributed by atoms with E-state index < -0.39 is 15.6 Å². The summed E-state index contributed by atoms with van der Waals surface area (Å²) in [4.78, 5) is 13.1. The highest BCUT2D eigenvalue weighted by Gasteiger charge is 2.50. The number of hydrogen-bond acceptors (Lipinski definition) is 6. The standard InChI is InChI=1S/C29H27FN2O6S/c1-17-22-14-23-25(15-24(22)32(39(3,34)35)16-29(38-17)12-13-29)37-27(26(23)28(33)31-2)18-4-8-20(9-5-18)36-21-10-6-19(30)7-11-21/h4-11,14-15,17H,12-13,16H2,1-3H3,(H,31,33)/t17-/m0/s1. The zero-order chi connectivity index (χ0) is 27.5. The molecule has 1 aliphatic heterocycles. The monoisotopic (exact) mass is 550 g/mol. The van der Waals surface area contributed by atoms with Crippen molar-refractivity contribution in [1.29, 1.82) is 0 Å². The fourth-order valence-corrected chi connectivity index (χ4v) is 6.08. The van der Waals surface area contributed by atoms with Crippen molar-refractivity contribution in [3.05, 3.63) is 77.6 Å². The first-order valence-corrected chi connectivity index (χ1v) is 14.4. The normalized spacial score (nSPS) is 18.1. The molecule has 8 nitrogen and oxygen atoms in total. The van der Waals surface area contributed by atoms with Gasteiger partial charge in [0.2, 0.25) is 10.0 Å². The van der Waals surface area contributed by atoms with E-state index in [1.54, 1.807) is 43.4 Å². The van der Waals surface area contributed by atoms with Crippen LogP contribution in [0.25, 0.3) is 22.3 Å². The van der Waals surface area contributed by atoms with Crippen LogP contribution in [0.5, 0.6) is 11.5 Å². The van der Waals surface area contributed by atoms with Crippen molar-refractivity contribution in [3.8, 4) is 22.8 Å². The number of halogens is 1. The maximum absolute atomic E-state index is 13.2. The van der Waals surface area contributed by atoms with Crippen molar-refractivity contribution in [2.75, 3.05) is 24.2 Å². The number of carbonyl (C=O) groups is 1. The number of nitrogens with one attached hydrogen (secondary N) is 1. The number of nitrogens with zero attached hydrogens (tertiary/aromatic N) is 1. The van der Waals surface area contributed by atoms with Crippen LogP contribution < -0.4 is 14.4 Å². The molecule has 10 heteroatoms. The van der Waals surface area contributed by atoms with Gasteiger partial charge in [0.1, 0.15) is 28.7 Å². The van der Waals surface area contributed by atoms with Gasteiger partial charge in [0.25, 0.3) is 5.91 Å². The lowest BCUT2D eigenvalue weighted by molar-refractivity contribution is -0.0115. The van der Waals surface area contributed by atoms with Gasteiger partial charge in [-0.05, 0) is 74.4 Å². The molecule has 4 aromatic rings. The lowest BCUT2D eigenvalue weighted by Crippen LogP contribution is -2.37. The first-order valence-electron chi connectivity index (χ1n) is 12.6. The summed E-state index contributed by atoms with van der Waals surface area (Å²) >= 11 is 0. The summed E-state index contributed by atoms with van der Waals surface area (Å²) in [5.41, 5.74) is 2.04. The Kier molecular flexibility index (Phi) is 5.92. The molecule has 2 heterocycles. The van der Waals surface area contributed by atoms with Crippen molar-refractivity contribution in [3.63, 3.8) is 0 Å². The Labute approximate surface area is 225 Å². The van der Waals surface area contributed by atoms with Crippen molar-refractivity contribution < 1.29 is 31.5 Å². The highest BCUT2D eigenvalue weighted by molar-refractivity contribution is 7.92. The average molecular weight is 551 g/mol. The SMILES string of the molecule is CNC(=O)c1c(-c2ccc(Oc3ccc(F)cc3)cc2)oc2cc3c(cc12)[C@H](C)OC1(CC1)CN3S(C)(=O)=O. The van der Waals surface area contributed by atoms with Crippen LogP contribution >= 0.6 is 0 Å². The van der Waals surface area contributed by atoms with Gasteiger partial charge >= 0.3 is 0 Å². The number of furan rings is 1. The van der Waals surface area contributed by atoms with Gasteiger partial charge in [-0.15, -0.1) is 0 Å². The minimum absolute atomic E-state index is 0.236. The Hall–Kier alpha value is -3.89. The summed E-state index contributed by atoms with van der Waals surface area (Å²) in [6.45, 7) is 2.14. The number of amides is 1. The molecule has 1 saturated carbocycles. The first-order chi connectivity index (χ1) is 18.6. The lowest BCUT2D eigenvalue weighted by Gasteiger charge is -2.24. The predicted molar refractivity (Wildman–Crippen MR) is 145 cm³/mol. The number of benzene rings is 3. The third kappa shape index (κ3) is 4.63. The van der Waals surface area contributed by atoms with E-state index in [1.807, 2.05) is 6.92 Å². The summed E-state index contributed by atoms with van der Waals surface area (Å²) in [5, 5.41) is 3.25. The van der Waals surface area contributed by atoms with E-state index >= 15 is 0 Å². The zero-order valence-corrected chi connectivity index (χ0v) is 22.5. The molecule has 39 heavy (non-hydrogen) atoms. The molecule has 0 radical (unpaired) electrons. The molecule has 1 aromatic heterocycles. The van der Waals surface area contributed by atoms with Crippen LogP contribution in [-0.4, -0.2) is 39.8 Å². The molecule has 2 aliphatic rings. The van der Waals surface area contributed by atoms with Crippen LogP contribution in [0.15, 0.2) is 65.1 Å².